The first-order valence-corrected chi connectivity index (χ1v) is 9.20. The molecule has 0 aliphatic heterocycles. The van der Waals surface area contributed by atoms with E-state index in [2.05, 4.69) is 26.6 Å². The molecular weight excluding hydrogens is 346 g/mol. The quantitative estimate of drug-likeness (QED) is 0.701. The smallest absolute Gasteiger partial charge is 0.257 e. The number of nitrogens with zero attached hydrogens (tertiary/aromatic N) is 1. The van der Waals surface area contributed by atoms with Gasteiger partial charge in [0.15, 0.2) is 0 Å². The maximum atomic E-state index is 12.7. The summed E-state index contributed by atoms with van der Waals surface area (Å²) in [6.07, 6.45) is 0. The number of benzene rings is 1. The zero-order valence-electron chi connectivity index (χ0n) is 15.0. The second-order valence-electron chi connectivity index (χ2n) is 6.16. The standard InChI is InChI=1S/C20H21N3O2S/c1-13-11-19(14(2)23(13)12-18-5-4-10-26-18)20(25)22-17-8-6-16(7-9-17)21-15(3)24/h4-11H,12H2,1-3H3,(H,21,24)(H,22,25). The lowest BCUT2D eigenvalue weighted by atomic mass is 10.2. The molecular formula is C20H21N3O2S. The van der Waals surface area contributed by atoms with Gasteiger partial charge < -0.3 is 15.2 Å². The molecule has 134 valence electrons. The SMILES string of the molecule is CC(=O)Nc1ccc(NC(=O)c2cc(C)n(Cc3cccs3)c2C)cc1. The van der Waals surface area contributed by atoms with Gasteiger partial charge in [0.1, 0.15) is 0 Å². The highest BCUT2D eigenvalue weighted by molar-refractivity contribution is 7.09. The minimum Gasteiger partial charge on any atom is -0.343 e. The fraction of sp³-hybridized carbons (Fsp3) is 0.200. The molecule has 3 aromatic rings. The molecule has 0 aliphatic rings. The highest BCUT2D eigenvalue weighted by Crippen LogP contribution is 2.21. The Bertz CT molecular complexity index is 925. The first kappa shape index (κ1) is 17.9. The number of anilines is 2. The third-order valence-corrected chi connectivity index (χ3v) is 5.04. The molecule has 5 nitrogen and oxygen atoms in total. The van der Waals surface area contributed by atoms with Crippen molar-refractivity contribution < 1.29 is 9.59 Å². The van der Waals surface area contributed by atoms with E-state index in [0.29, 0.717) is 16.9 Å². The third-order valence-electron chi connectivity index (χ3n) is 4.18. The number of aryl methyl sites for hydroxylation is 1. The molecule has 0 atom stereocenters. The van der Waals surface area contributed by atoms with Gasteiger partial charge in [-0.25, -0.2) is 0 Å². The number of carbonyl (C=O) groups excluding carboxylic acids is 2. The summed E-state index contributed by atoms with van der Waals surface area (Å²) in [5, 5.41) is 7.68. The van der Waals surface area contributed by atoms with E-state index < -0.39 is 0 Å². The fourth-order valence-electron chi connectivity index (χ4n) is 2.87. The molecule has 0 saturated carbocycles. The van der Waals surface area contributed by atoms with Crippen LogP contribution in [0.15, 0.2) is 47.8 Å². The van der Waals surface area contributed by atoms with Crippen molar-refractivity contribution >= 4 is 34.5 Å². The van der Waals surface area contributed by atoms with Gasteiger partial charge in [0.25, 0.3) is 5.91 Å². The van der Waals surface area contributed by atoms with Crippen molar-refractivity contribution in [1.82, 2.24) is 4.57 Å². The molecule has 0 radical (unpaired) electrons. The van der Waals surface area contributed by atoms with Crippen molar-refractivity contribution in [3.8, 4) is 0 Å². The summed E-state index contributed by atoms with van der Waals surface area (Å²) in [6.45, 7) is 6.21. The fourth-order valence-corrected chi connectivity index (χ4v) is 3.56. The summed E-state index contributed by atoms with van der Waals surface area (Å²) in [7, 11) is 0. The number of amides is 2. The maximum absolute atomic E-state index is 12.7. The highest BCUT2D eigenvalue weighted by Gasteiger charge is 2.16. The van der Waals surface area contributed by atoms with Gasteiger partial charge in [-0.15, -0.1) is 11.3 Å². The molecule has 2 N–H and O–H groups in total. The molecule has 3 rings (SSSR count). The van der Waals surface area contributed by atoms with Crippen molar-refractivity contribution in [2.24, 2.45) is 0 Å². The summed E-state index contributed by atoms with van der Waals surface area (Å²) < 4.78 is 2.15. The largest absolute Gasteiger partial charge is 0.343 e. The minimum atomic E-state index is -0.136. The summed E-state index contributed by atoms with van der Waals surface area (Å²) in [5.74, 6) is -0.261. The Kier molecular flexibility index (Phi) is 5.23. The van der Waals surface area contributed by atoms with Gasteiger partial charge in [-0.1, -0.05) is 6.07 Å². The van der Waals surface area contributed by atoms with Crippen LogP contribution in [0.5, 0.6) is 0 Å². The second kappa shape index (κ2) is 7.58. The second-order valence-corrected chi connectivity index (χ2v) is 7.20. The van der Waals surface area contributed by atoms with Crippen LogP contribution in [0.4, 0.5) is 11.4 Å². The monoisotopic (exact) mass is 367 g/mol. The van der Waals surface area contributed by atoms with Gasteiger partial charge in [0, 0.05) is 34.6 Å². The average molecular weight is 367 g/mol. The van der Waals surface area contributed by atoms with Gasteiger partial charge >= 0.3 is 0 Å². The normalized spacial score (nSPS) is 10.6. The molecule has 0 fully saturated rings. The Labute approximate surface area is 156 Å². The van der Waals surface area contributed by atoms with Crippen LogP contribution in [-0.4, -0.2) is 16.4 Å². The molecule has 26 heavy (non-hydrogen) atoms. The van der Waals surface area contributed by atoms with Crippen molar-refractivity contribution in [2.45, 2.75) is 27.3 Å². The number of hydrogen-bond acceptors (Lipinski definition) is 3. The van der Waals surface area contributed by atoms with E-state index in [0.717, 1.165) is 17.9 Å². The summed E-state index contributed by atoms with van der Waals surface area (Å²) >= 11 is 1.71. The number of nitrogens with one attached hydrogen (secondary N) is 2. The van der Waals surface area contributed by atoms with Crippen LogP contribution in [0.2, 0.25) is 0 Å². The summed E-state index contributed by atoms with van der Waals surface area (Å²) in [5.41, 5.74) is 4.06. The van der Waals surface area contributed by atoms with Gasteiger partial charge in [-0.05, 0) is 55.6 Å². The highest BCUT2D eigenvalue weighted by atomic mass is 32.1. The molecule has 2 amide bonds. The van der Waals surface area contributed by atoms with Crippen molar-refractivity contribution in [3.05, 3.63) is 69.7 Å². The molecule has 0 unspecified atom stereocenters. The molecule has 0 saturated heterocycles. The summed E-state index contributed by atoms with van der Waals surface area (Å²) in [4.78, 5) is 25.0. The number of aromatic nitrogens is 1. The maximum Gasteiger partial charge on any atom is 0.257 e. The van der Waals surface area contributed by atoms with Crippen LogP contribution in [-0.2, 0) is 11.3 Å². The van der Waals surface area contributed by atoms with Gasteiger partial charge in [0.2, 0.25) is 5.91 Å². The molecule has 1 aromatic carbocycles. The Morgan fingerprint density at radius 2 is 1.69 bits per heavy atom. The number of thiophene rings is 1. The van der Waals surface area contributed by atoms with Crippen LogP contribution in [0, 0.1) is 13.8 Å². The van der Waals surface area contributed by atoms with E-state index >= 15 is 0 Å². The third kappa shape index (κ3) is 4.03. The van der Waals surface area contributed by atoms with E-state index in [-0.39, 0.29) is 11.8 Å². The first-order chi connectivity index (χ1) is 12.4. The molecule has 0 aliphatic carbocycles. The number of carbonyl (C=O) groups is 2. The van der Waals surface area contributed by atoms with Crippen molar-refractivity contribution in [1.29, 1.82) is 0 Å². The Morgan fingerprint density at radius 1 is 1.04 bits per heavy atom. The molecule has 2 heterocycles. The molecule has 2 aromatic heterocycles. The van der Waals surface area contributed by atoms with Crippen molar-refractivity contribution in [2.75, 3.05) is 10.6 Å². The Balaban J connectivity index is 1.74. The van der Waals surface area contributed by atoms with Crippen LogP contribution < -0.4 is 10.6 Å². The lowest BCUT2D eigenvalue weighted by Gasteiger charge is -2.09. The zero-order valence-corrected chi connectivity index (χ0v) is 15.8. The van der Waals surface area contributed by atoms with Crippen LogP contribution in [0.1, 0.15) is 33.5 Å². The van der Waals surface area contributed by atoms with E-state index in [4.69, 9.17) is 0 Å². The molecule has 0 spiro atoms. The molecule has 6 heteroatoms. The Morgan fingerprint density at radius 3 is 2.27 bits per heavy atom. The Hall–Kier alpha value is -2.86. The topological polar surface area (TPSA) is 63.1 Å². The van der Waals surface area contributed by atoms with Crippen molar-refractivity contribution in [3.63, 3.8) is 0 Å². The van der Waals surface area contributed by atoms with E-state index in [1.54, 1.807) is 35.6 Å². The van der Waals surface area contributed by atoms with Crippen LogP contribution in [0.25, 0.3) is 0 Å². The minimum absolute atomic E-state index is 0.125. The summed E-state index contributed by atoms with van der Waals surface area (Å²) in [6, 6.07) is 13.1. The van der Waals surface area contributed by atoms with E-state index in [1.807, 2.05) is 26.0 Å². The van der Waals surface area contributed by atoms with Crippen LogP contribution in [0.3, 0.4) is 0 Å². The van der Waals surface area contributed by atoms with Gasteiger partial charge in [-0.3, -0.25) is 9.59 Å². The predicted molar refractivity (Wildman–Crippen MR) is 106 cm³/mol. The van der Waals surface area contributed by atoms with Crippen LogP contribution >= 0.6 is 11.3 Å². The lowest BCUT2D eigenvalue weighted by Crippen LogP contribution is -2.13. The average Bonchev–Trinajstić information content (AvgIpc) is 3.20. The lowest BCUT2D eigenvalue weighted by molar-refractivity contribution is -0.114. The predicted octanol–water partition coefficient (Wildman–Crippen LogP) is 4.43. The first-order valence-electron chi connectivity index (χ1n) is 8.32. The zero-order chi connectivity index (χ0) is 18.7. The van der Waals surface area contributed by atoms with E-state index in [9.17, 15) is 9.59 Å². The van der Waals surface area contributed by atoms with E-state index in [1.165, 1.54) is 11.8 Å². The van der Waals surface area contributed by atoms with Gasteiger partial charge in [0.05, 0.1) is 12.1 Å². The van der Waals surface area contributed by atoms with Gasteiger partial charge in [-0.2, -0.15) is 0 Å². The number of rotatable bonds is 5. The molecule has 0 bridgehead atoms. The number of hydrogen-bond donors (Lipinski definition) is 2.